The van der Waals surface area contributed by atoms with Gasteiger partial charge in [0, 0.05) is 19.2 Å². The Kier molecular flexibility index (Phi) is 14.3. The molecule has 5 heterocycles. The molecule has 0 radical (unpaired) electrons. The first-order valence-electron chi connectivity index (χ1n) is 18.0. The van der Waals surface area contributed by atoms with Crippen molar-refractivity contribution in [3.63, 3.8) is 0 Å². The number of aliphatic hydroxyl groups is 1. The van der Waals surface area contributed by atoms with Crippen molar-refractivity contribution in [3.8, 4) is 0 Å². The number of nitrogens with two attached hydrogens (primary N) is 3. The SMILES string of the molecule is Nc1ccn([C@H]2C[C@H](OP(=O)(O)OC[C@H]3O[C@@H](n4cnc5c(N)ncnc54)[C@H](O)[C@@H]3OC(=O)[C@@H](N)CCCNC(=O)OCc3ccccc3)[C@@H](COP(=O)(O)O)O2)c(=O)n1. The van der Waals surface area contributed by atoms with Gasteiger partial charge in [0.2, 0.25) is 0 Å². The van der Waals surface area contributed by atoms with Crippen LogP contribution in [0.2, 0.25) is 0 Å². The van der Waals surface area contributed by atoms with Gasteiger partial charge in [-0.25, -0.2) is 33.7 Å². The highest BCUT2D eigenvalue weighted by Crippen LogP contribution is 2.50. The summed E-state index contributed by atoms with van der Waals surface area (Å²) in [5.74, 6) is -1.09. The number of phosphoric acid groups is 2. The average Bonchev–Trinajstić information content (AvgIpc) is 3.89. The maximum absolute atomic E-state index is 13.4. The van der Waals surface area contributed by atoms with Crippen LogP contribution in [-0.2, 0) is 53.1 Å². The van der Waals surface area contributed by atoms with Gasteiger partial charge in [-0.15, -0.1) is 0 Å². The number of benzene rings is 1. The van der Waals surface area contributed by atoms with Crippen LogP contribution in [-0.4, -0.2) is 117 Å². The molecule has 28 heteroatoms. The fourth-order valence-electron chi connectivity index (χ4n) is 6.23. The van der Waals surface area contributed by atoms with Gasteiger partial charge in [-0.1, -0.05) is 30.3 Å². The number of phosphoric ester groups is 2. The van der Waals surface area contributed by atoms with Crippen LogP contribution in [0.5, 0.6) is 0 Å². The number of hydrogen-bond acceptors (Lipinski definition) is 20. The van der Waals surface area contributed by atoms with Crippen LogP contribution in [0.15, 0.2) is 60.0 Å². The number of alkyl carbamates (subject to hydrolysis) is 1. The molecule has 1 unspecified atom stereocenters. The third-order valence-electron chi connectivity index (χ3n) is 9.12. The smallest absolute Gasteiger partial charge is 0.455 e. The molecule has 1 aromatic carbocycles. The first-order chi connectivity index (χ1) is 28.5. The Balaban J connectivity index is 1.11. The molecule has 2 aliphatic heterocycles. The fourth-order valence-corrected chi connectivity index (χ4v) is 7.53. The summed E-state index contributed by atoms with van der Waals surface area (Å²) in [6.45, 7) is -1.56. The van der Waals surface area contributed by atoms with Crippen molar-refractivity contribution in [1.82, 2.24) is 34.4 Å². The summed E-state index contributed by atoms with van der Waals surface area (Å²) >= 11 is 0. The minimum Gasteiger partial charge on any atom is -0.455 e. The van der Waals surface area contributed by atoms with Crippen LogP contribution in [0.4, 0.5) is 16.4 Å². The van der Waals surface area contributed by atoms with E-state index in [0.717, 1.165) is 16.5 Å². The molecule has 0 bridgehead atoms. The van der Waals surface area contributed by atoms with E-state index in [0.29, 0.717) is 0 Å². The Morgan fingerprint density at radius 3 is 2.48 bits per heavy atom. The number of carbonyl (C=O) groups is 2. The monoisotopic (exact) mass is 884 g/mol. The Labute approximate surface area is 338 Å². The predicted molar refractivity (Wildman–Crippen MR) is 201 cm³/mol. The minimum atomic E-state index is -5.19. The molecule has 2 aliphatic rings. The molecule has 4 aromatic rings. The van der Waals surface area contributed by atoms with Gasteiger partial charge >= 0.3 is 33.4 Å². The highest BCUT2D eigenvalue weighted by Gasteiger charge is 2.50. The zero-order valence-electron chi connectivity index (χ0n) is 31.3. The molecule has 11 N–H and O–H groups in total. The maximum atomic E-state index is 13.4. The first-order valence-corrected chi connectivity index (χ1v) is 21.0. The zero-order chi connectivity index (χ0) is 43.2. The molecule has 2 fully saturated rings. The molecule has 0 saturated carbocycles. The predicted octanol–water partition coefficient (Wildman–Crippen LogP) is -0.649. The second-order valence-electron chi connectivity index (χ2n) is 13.4. The Morgan fingerprint density at radius 1 is 1.00 bits per heavy atom. The van der Waals surface area contributed by atoms with E-state index in [1.54, 1.807) is 24.3 Å². The quantitative estimate of drug-likeness (QED) is 0.0349. The number of rotatable bonds is 18. The lowest BCUT2D eigenvalue weighted by Gasteiger charge is -2.24. The molecule has 0 aliphatic carbocycles. The minimum absolute atomic E-state index is 0.0116. The van der Waals surface area contributed by atoms with E-state index < -0.39 is 95.6 Å². The number of amides is 1. The van der Waals surface area contributed by atoms with E-state index in [4.69, 9.17) is 45.2 Å². The van der Waals surface area contributed by atoms with Gasteiger partial charge in [0.25, 0.3) is 0 Å². The maximum Gasteiger partial charge on any atom is 0.472 e. The molecule has 326 valence electrons. The summed E-state index contributed by atoms with van der Waals surface area (Å²) in [5.41, 5.74) is 17.8. The summed E-state index contributed by atoms with van der Waals surface area (Å²) < 4.78 is 64.7. The lowest BCUT2D eigenvalue weighted by atomic mass is 10.1. The van der Waals surface area contributed by atoms with Crippen molar-refractivity contribution in [2.75, 3.05) is 31.2 Å². The van der Waals surface area contributed by atoms with Gasteiger partial charge in [0.15, 0.2) is 23.8 Å². The number of nitrogen functional groups attached to an aromatic ring is 2. The molecular formula is C32H42N10O16P2. The number of anilines is 2. The molecule has 2 saturated heterocycles. The van der Waals surface area contributed by atoms with E-state index in [9.17, 15) is 43.3 Å². The summed E-state index contributed by atoms with van der Waals surface area (Å²) in [6.07, 6.45) is -7.45. The van der Waals surface area contributed by atoms with Crippen molar-refractivity contribution in [2.24, 2.45) is 5.73 Å². The summed E-state index contributed by atoms with van der Waals surface area (Å²) in [5, 5.41) is 14.0. The molecule has 26 nitrogen and oxygen atoms in total. The number of hydrogen-bond donors (Lipinski definition) is 8. The van der Waals surface area contributed by atoms with Gasteiger partial charge in [-0.2, -0.15) is 4.98 Å². The van der Waals surface area contributed by atoms with Crippen molar-refractivity contribution in [3.05, 3.63) is 71.3 Å². The van der Waals surface area contributed by atoms with E-state index in [1.165, 1.54) is 23.2 Å². The Morgan fingerprint density at radius 2 is 1.75 bits per heavy atom. The van der Waals surface area contributed by atoms with Gasteiger partial charge in [-0.05, 0) is 24.5 Å². The zero-order valence-corrected chi connectivity index (χ0v) is 33.1. The number of nitrogens with zero attached hydrogens (tertiary/aromatic N) is 6. The number of aliphatic hydroxyl groups excluding tert-OH is 1. The molecule has 60 heavy (non-hydrogen) atoms. The van der Waals surface area contributed by atoms with Crippen LogP contribution >= 0.6 is 15.6 Å². The Hall–Kier alpha value is -4.95. The highest BCUT2D eigenvalue weighted by atomic mass is 31.2. The lowest BCUT2D eigenvalue weighted by molar-refractivity contribution is -0.158. The standard InChI is InChI=1S/C32H42N10O16P2/c33-18(7-4-9-36-32(46)52-12-17-5-2-1-3-6-17)30(44)57-26-21(56-29(25(26)43)42-16-39-24-27(35)37-15-38-28(24)42)14-54-60(50,51)58-19-11-23(41-10-8-22(34)40-31(41)45)55-20(19)13-53-59(47,48)49/h1-3,5-6,8,10,15-16,18-21,23,25-26,29,43H,4,7,9,11-14,33H2,(H,36,46)(H,50,51)(H2,34,40,45)(H2,35,37,38)(H2,47,48,49)/t18-,19-,20+,21+,23+,25+,26+,29+/m0/s1. The van der Waals surface area contributed by atoms with E-state index in [2.05, 4.69) is 29.8 Å². The topological polar surface area (TPSA) is 382 Å². The summed E-state index contributed by atoms with van der Waals surface area (Å²) in [6, 6.07) is 9.03. The highest BCUT2D eigenvalue weighted by molar-refractivity contribution is 7.47. The third kappa shape index (κ3) is 11.4. The number of nitrogens with one attached hydrogen (secondary N) is 1. The first kappa shape index (κ1) is 44.6. The number of ether oxygens (including phenoxy) is 4. The largest absolute Gasteiger partial charge is 0.472 e. The van der Waals surface area contributed by atoms with Gasteiger partial charge in [-0.3, -0.25) is 27.5 Å². The van der Waals surface area contributed by atoms with Gasteiger partial charge < -0.3 is 61.3 Å². The average molecular weight is 885 g/mol. The van der Waals surface area contributed by atoms with Crippen LogP contribution in [0, 0.1) is 0 Å². The lowest BCUT2D eigenvalue weighted by Crippen LogP contribution is -2.43. The molecular weight excluding hydrogens is 842 g/mol. The van der Waals surface area contributed by atoms with Gasteiger partial charge in [0.05, 0.1) is 19.5 Å². The van der Waals surface area contributed by atoms with Crippen molar-refractivity contribution < 1.29 is 71.0 Å². The van der Waals surface area contributed by atoms with Crippen molar-refractivity contribution in [1.29, 1.82) is 0 Å². The van der Waals surface area contributed by atoms with Crippen LogP contribution < -0.4 is 28.2 Å². The number of esters is 1. The molecule has 9 atom stereocenters. The number of fused-ring (bicyclic) bond motifs is 1. The second-order valence-corrected chi connectivity index (χ2v) is 16.0. The number of imidazole rings is 1. The van der Waals surface area contributed by atoms with Crippen LogP contribution in [0.1, 0.15) is 37.3 Å². The van der Waals surface area contributed by atoms with Gasteiger partial charge in [0.1, 0.15) is 61.0 Å². The van der Waals surface area contributed by atoms with E-state index >= 15 is 0 Å². The molecule has 3 aromatic heterocycles. The second kappa shape index (κ2) is 19.2. The molecule has 6 rings (SSSR count). The van der Waals surface area contributed by atoms with Crippen LogP contribution in [0.3, 0.4) is 0 Å². The molecule has 1 amide bonds. The van der Waals surface area contributed by atoms with Crippen LogP contribution in [0.25, 0.3) is 11.2 Å². The number of aromatic nitrogens is 6. The normalized spacial score (nSPS) is 24.5. The van der Waals surface area contributed by atoms with E-state index in [-0.39, 0.29) is 55.2 Å². The van der Waals surface area contributed by atoms with E-state index in [1.807, 2.05) is 6.07 Å². The third-order valence-corrected chi connectivity index (χ3v) is 10.6. The molecule has 0 spiro atoms. The van der Waals surface area contributed by atoms with Crippen molar-refractivity contribution in [2.45, 2.75) is 74.9 Å². The summed E-state index contributed by atoms with van der Waals surface area (Å²) in [4.78, 5) is 82.9. The fraction of sp³-hybridized carbons (Fsp3) is 0.469. The van der Waals surface area contributed by atoms with Crippen molar-refractivity contribution >= 4 is 50.5 Å². The number of carbonyl (C=O) groups excluding carboxylic acids is 2. The Bertz CT molecular complexity index is 2280. The summed E-state index contributed by atoms with van der Waals surface area (Å²) in [7, 11) is -10.3.